The van der Waals surface area contributed by atoms with E-state index < -0.39 is 0 Å². The molecule has 2 heterocycles. The molecule has 1 saturated heterocycles. The van der Waals surface area contributed by atoms with Gasteiger partial charge in [0.05, 0.1) is 5.39 Å². The highest BCUT2D eigenvalue weighted by Crippen LogP contribution is 2.26. The molecule has 0 N–H and O–H groups in total. The van der Waals surface area contributed by atoms with Crippen LogP contribution in [0.3, 0.4) is 0 Å². The zero-order valence-corrected chi connectivity index (χ0v) is 19.9. The lowest BCUT2D eigenvalue weighted by Gasteiger charge is -2.36. The van der Waals surface area contributed by atoms with Crippen molar-refractivity contribution >= 4 is 28.3 Å². The van der Waals surface area contributed by atoms with Crippen LogP contribution in [0.15, 0.2) is 82.0 Å². The highest BCUT2D eigenvalue weighted by atomic mass is 35.5. The van der Waals surface area contributed by atoms with E-state index in [9.17, 15) is 4.79 Å². The fraction of sp³-hybridized carbons (Fsp3) is 0.250. The molecular formula is C28H27ClN2O3. The van der Waals surface area contributed by atoms with Crippen LogP contribution in [0.5, 0.6) is 5.75 Å². The minimum Gasteiger partial charge on any atom is -0.492 e. The number of nitrogens with zero attached hydrogens (tertiary/aromatic N) is 2. The molecule has 4 aromatic rings. The van der Waals surface area contributed by atoms with Gasteiger partial charge in [0.1, 0.15) is 23.7 Å². The van der Waals surface area contributed by atoms with E-state index in [4.69, 9.17) is 20.8 Å². The third-order valence-electron chi connectivity index (χ3n) is 6.28. The zero-order chi connectivity index (χ0) is 23.5. The van der Waals surface area contributed by atoms with Crippen molar-refractivity contribution in [1.29, 1.82) is 0 Å². The van der Waals surface area contributed by atoms with Crippen LogP contribution in [0.1, 0.15) is 5.56 Å². The second kappa shape index (κ2) is 9.92. The first kappa shape index (κ1) is 22.5. The van der Waals surface area contributed by atoms with Crippen LogP contribution in [0, 0.1) is 6.92 Å². The molecule has 1 fully saturated rings. The third kappa shape index (κ3) is 5.11. The van der Waals surface area contributed by atoms with Crippen molar-refractivity contribution in [3.8, 4) is 17.1 Å². The lowest BCUT2D eigenvalue weighted by molar-refractivity contribution is 0.200. The van der Waals surface area contributed by atoms with E-state index in [2.05, 4.69) is 41.0 Å². The van der Waals surface area contributed by atoms with Crippen molar-refractivity contribution in [2.24, 2.45) is 0 Å². The van der Waals surface area contributed by atoms with Gasteiger partial charge in [-0.25, -0.2) is 0 Å². The highest BCUT2D eigenvalue weighted by Gasteiger charge is 2.17. The molecule has 0 aliphatic carbocycles. The van der Waals surface area contributed by atoms with Crippen molar-refractivity contribution in [3.63, 3.8) is 0 Å². The molecular weight excluding hydrogens is 448 g/mol. The Morgan fingerprint density at radius 1 is 0.912 bits per heavy atom. The van der Waals surface area contributed by atoms with Crippen LogP contribution in [0.2, 0.25) is 5.02 Å². The number of benzene rings is 3. The number of halogens is 1. The summed E-state index contributed by atoms with van der Waals surface area (Å²) in [6.45, 7) is 7.59. The quantitative estimate of drug-likeness (QED) is 0.363. The third-order valence-corrected chi connectivity index (χ3v) is 6.53. The number of piperazine rings is 1. The summed E-state index contributed by atoms with van der Waals surface area (Å²) in [5, 5.41) is 1.18. The Kier molecular flexibility index (Phi) is 6.57. The minimum atomic E-state index is -0.0794. The maximum atomic E-state index is 12.6. The van der Waals surface area contributed by atoms with Crippen LogP contribution in [-0.4, -0.2) is 44.2 Å². The molecule has 5 nitrogen and oxygen atoms in total. The Bertz CT molecular complexity index is 1320. The lowest BCUT2D eigenvalue weighted by atomic mass is 10.1. The monoisotopic (exact) mass is 474 g/mol. The van der Waals surface area contributed by atoms with E-state index in [0.29, 0.717) is 34.1 Å². The molecule has 0 saturated carbocycles. The van der Waals surface area contributed by atoms with Gasteiger partial charge in [0.25, 0.3) is 0 Å². The van der Waals surface area contributed by atoms with Crippen molar-refractivity contribution < 1.29 is 9.15 Å². The summed E-state index contributed by atoms with van der Waals surface area (Å²) < 4.78 is 12.0. The van der Waals surface area contributed by atoms with Crippen LogP contribution >= 0.6 is 11.6 Å². The molecule has 0 unspecified atom stereocenters. The molecule has 0 spiro atoms. The van der Waals surface area contributed by atoms with Gasteiger partial charge < -0.3 is 14.1 Å². The SMILES string of the molecule is Cc1ccc(N2CCN(CCOc3ccc4c(=O)cc(-c5ccc(Cl)cc5)oc4c3)CC2)cc1. The maximum Gasteiger partial charge on any atom is 0.193 e. The van der Waals surface area contributed by atoms with Gasteiger partial charge in [0.2, 0.25) is 0 Å². The summed E-state index contributed by atoms with van der Waals surface area (Å²) in [5.74, 6) is 1.21. The number of ether oxygens (including phenoxy) is 1. The molecule has 6 heteroatoms. The number of rotatable bonds is 6. The van der Waals surface area contributed by atoms with Crippen molar-refractivity contribution in [3.05, 3.63) is 93.6 Å². The molecule has 174 valence electrons. The molecule has 3 aromatic carbocycles. The summed E-state index contributed by atoms with van der Waals surface area (Å²) >= 11 is 5.98. The predicted octanol–water partition coefficient (Wildman–Crippen LogP) is 5.62. The van der Waals surface area contributed by atoms with Gasteiger partial charge in [0, 0.05) is 61.1 Å². The summed E-state index contributed by atoms with van der Waals surface area (Å²) in [6.07, 6.45) is 0. The van der Waals surface area contributed by atoms with Crippen LogP contribution < -0.4 is 15.1 Å². The Balaban J connectivity index is 1.19. The van der Waals surface area contributed by atoms with Gasteiger partial charge in [-0.3, -0.25) is 9.69 Å². The van der Waals surface area contributed by atoms with Crippen molar-refractivity contribution in [2.75, 3.05) is 44.2 Å². The first-order valence-electron chi connectivity index (χ1n) is 11.6. The van der Waals surface area contributed by atoms with Gasteiger partial charge >= 0.3 is 0 Å². The van der Waals surface area contributed by atoms with E-state index in [1.165, 1.54) is 17.3 Å². The molecule has 1 aromatic heterocycles. The second-order valence-corrected chi connectivity index (χ2v) is 9.09. The number of aryl methyl sites for hydroxylation is 1. The maximum absolute atomic E-state index is 12.6. The lowest BCUT2D eigenvalue weighted by Crippen LogP contribution is -2.47. The molecule has 0 amide bonds. The standard InChI is InChI=1S/C28H27ClN2O3/c1-20-2-8-23(9-3-20)31-14-12-30(13-15-31)16-17-33-24-10-11-25-26(32)19-27(34-28(25)18-24)21-4-6-22(29)7-5-21/h2-11,18-19H,12-17H2,1H3. The number of hydrogen-bond acceptors (Lipinski definition) is 5. The fourth-order valence-corrected chi connectivity index (χ4v) is 4.39. The summed E-state index contributed by atoms with van der Waals surface area (Å²) in [6, 6.07) is 22.9. The van der Waals surface area contributed by atoms with Crippen LogP contribution in [0.4, 0.5) is 5.69 Å². The molecule has 1 aliphatic rings. The highest BCUT2D eigenvalue weighted by molar-refractivity contribution is 6.30. The molecule has 34 heavy (non-hydrogen) atoms. The second-order valence-electron chi connectivity index (χ2n) is 8.65. The molecule has 0 radical (unpaired) electrons. The predicted molar refractivity (Wildman–Crippen MR) is 138 cm³/mol. The summed E-state index contributed by atoms with van der Waals surface area (Å²) in [4.78, 5) is 17.4. The summed E-state index contributed by atoms with van der Waals surface area (Å²) in [5.41, 5.74) is 3.82. The molecule has 0 atom stereocenters. The Morgan fingerprint density at radius 2 is 1.65 bits per heavy atom. The van der Waals surface area contributed by atoms with Gasteiger partial charge in [-0.1, -0.05) is 29.3 Å². The summed E-state index contributed by atoms with van der Waals surface area (Å²) in [7, 11) is 0. The Labute approximate surface area is 204 Å². The topological polar surface area (TPSA) is 45.9 Å². The number of hydrogen-bond donors (Lipinski definition) is 0. The molecule has 5 rings (SSSR count). The van der Waals surface area contributed by atoms with E-state index in [-0.39, 0.29) is 5.43 Å². The zero-order valence-electron chi connectivity index (χ0n) is 19.2. The van der Waals surface area contributed by atoms with Gasteiger partial charge in [-0.15, -0.1) is 0 Å². The Morgan fingerprint density at radius 3 is 2.38 bits per heavy atom. The smallest absolute Gasteiger partial charge is 0.193 e. The molecule has 0 bridgehead atoms. The molecule has 1 aliphatic heterocycles. The van der Waals surface area contributed by atoms with E-state index in [0.717, 1.165) is 38.3 Å². The van der Waals surface area contributed by atoms with E-state index >= 15 is 0 Å². The first-order valence-corrected chi connectivity index (χ1v) is 11.9. The normalized spacial score (nSPS) is 14.5. The van der Waals surface area contributed by atoms with E-state index in [1.807, 2.05) is 18.2 Å². The number of anilines is 1. The van der Waals surface area contributed by atoms with Gasteiger partial charge in [-0.2, -0.15) is 0 Å². The average molecular weight is 475 g/mol. The van der Waals surface area contributed by atoms with Crippen molar-refractivity contribution in [2.45, 2.75) is 6.92 Å². The largest absolute Gasteiger partial charge is 0.492 e. The number of fused-ring (bicyclic) bond motifs is 1. The van der Waals surface area contributed by atoms with Gasteiger partial charge in [0.15, 0.2) is 5.43 Å². The first-order chi connectivity index (χ1) is 16.5. The average Bonchev–Trinajstić information content (AvgIpc) is 2.85. The Hall–Kier alpha value is -3.28. The van der Waals surface area contributed by atoms with Crippen LogP contribution in [-0.2, 0) is 0 Å². The minimum absolute atomic E-state index is 0.0794. The fourth-order valence-electron chi connectivity index (χ4n) is 4.26. The van der Waals surface area contributed by atoms with Crippen molar-refractivity contribution in [1.82, 2.24) is 4.90 Å². The van der Waals surface area contributed by atoms with Gasteiger partial charge in [-0.05, 0) is 55.5 Å². The van der Waals surface area contributed by atoms with E-state index in [1.54, 1.807) is 24.3 Å². The van der Waals surface area contributed by atoms with Crippen LogP contribution in [0.25, 0.3) is 22.3 Å².